The molecule has 1 aliphatic heterocycles. The van der Waals surface area contributed by atoms with Gasteiger partial charge in [-0.25, -0.2) is 26.3 Å². The maximum Gasteiger partial charge on any atom is 0.194 e. The van der Waals surface area contributed by atoms with Crippen LogP contribution < -0.4 is 0 Å². The van der Waals surface area contributed by atoms with Crippen LogP contribution in [0.3, 0.4) is 0 Å². The summed E-state index contributed by atoms with van der Waals surface area (Å²) >= 11 is 0. The lowest BCUT2D eigenvalue weighted by atomic mass is 9.76. The van der Waals surface area contributed by atoms with E-state index in [1.807, 2.05) is 0 Å². The SMILES string of the molecule is CC=CC(F)=C(F)c1ccc(C2CCC(CCC3CCC(C=CC4CCC(c5cc(F)c(F)c(F)c5)CC4)OC3)CC2)c(F)c1. The van der Waals surface area contributed by atoms with Gasteiger partial charge in [0.2, 0.25) is 0 Å². The molecular formula is C38H44F6O. The number of hydrogen-bond acceptors (Lipinski definition) is 1. The van der Waals surface area contributed by atoms with Gasteiger partial charge in [0.1, 0.15) is 5.82 Å². The molecule has 244 valence electrons. The van der Waals surface area contributed by atoms with E-state index in [1.165, 1.54) is 12.1 Å². The summed E-state index contributed by atoms with van der Waals surface area (Å²) < 4.78 is 89.7. The zero-order valence-corrected chi connectivity index (χ0v) is 26.0. The Labute approximate surface area is 263 Å². The van der Waals surface area contributed by atoms with Gasteiger partial charge in [-0.3, -0.25) is 0 Å². The highest BCUT2D eigenvalue weighted by molar-refractivity contribution is 5.63. The van der Waals surface area contributed by atoms with E-state index in [9.17, 15) is 26.3 Å². The molecule has 3 fully saturated rings. The molecule has 45 heavy (non-hydrogen) atoms. The summed E-state index contributed by atoms with van der Waals surface area (Å²) in [6, 6.07) is 6.47. The molecule has 0 aromatic heterocycles. The molecule has 5 rings (SSSR count). The third-order valence-corrected chi connectivity index (χ3v) is 10.3. The first-order chi connectivity index (χ1) is 21.7. The van der Waals surface area contributed by atoms with Crippen LogP contribution in [0.1, 0.15) is 112 Å². The third kappa shape index (κ3) is 8.72. The van der Waals surface area contributed by atoms with Crippen LogP contribution in [0.5, 0.6) is 0 Å². The smallest absolute Gasteiger partial charge is 0.194 e. The van der Waals surface area contributed by atoms with Gasteiger partial charge in [-0.1, -0.05) is 36.8 Å². The van der Waals surface area contributed by atoms with Crippen molar-refractivity contribution in [3.63, 3.8) is 0 Å². The lowest BCUT2D eigenvalue weighted by Gasteiger charge is -2.32. The third-order valence-electron chi connectivity index (χ3n) is 10.3. The first kappa shape index (κ1) is 33.6. The topological polar surface area (TPSA) is 9.23 Å². The van der Waals surface area contributed by atoms with Crippen LogP contribution in [-0.2, 0) is 4.74 Å². The number of halogens is 6. The molecule has 0 bridgehead atoms. The van der Waals surface area contributed by atoms with Gasteiger partial charge in [0, 0.05) is 5.56 Å². The van der Waals surface area contributed by atoms with Crippen molar-refractivity contribution in [2.24, 2.45) is 17.8 Å². The average Bonchev–Trinajstić information content (AvgIpc) is 3.06. The molecule has 1 heterocycles. The Hall–Kier alpha value is -2.80. The summed E-state index contributed by atoms with van der Waals surface area (Å²) in [5, 5.41) is 0. The Balaban J connectivity index is 0.992. The molecule has 0 amide bonds. The maximum atomic E-state index is 14.9. The Bertz CT molecular complexity index is 1350. The normalized spacial score (nSPS) is 28.5. The molecule has 1 saturated heterocycles. The zero-order chi connectivity index (χ0) is 31.9. The summed E-state index contributed by atoms with van der Waals surface area (Å²) in [5.41, 5.74) is 1.08. The zero-order valence-electron chi connectivity index (χ0n) is 26.0. The van der Waals surface area contributed by atoms with Crippen LogP contribution in [0.25, 0.3) is 5.83 Å². The highest BCUT2D eigenvalue weighted by atomic mass is 19.2. The lowest BCUT2D eigenvalue weighted by Crippen LogP contribution is -2.25. The van der Waals surface area contributed by atoms with Gasteiger partial charge in [-0.15, -0.1) is 0 Å². The Morgan fingerprint density at radius 1 is 0.733 bits per heavy atom. The second kappa shape index (κ2) is 15.7. The van der Waals surface area contributed by atoms with Crippen LogP contribution in [0.4, 0.5) is 26.3 Å². The molecule has 2 unspecified atom stereocenters. The van der Waals surface area contributed by atoms with Gasteiger partial charge in [0.05, 0.1) is 12.7 Å². The highest BCUT2D eigenvalue weighted by Gasteiger charge is 2.28. The standard InChI is InChI=1S/C38H44F6O/c1-2-3-33(39)37(43)29-16-19-32(34(40)20-29)28-14-8-24(9-15-28)4-5-26-11-18-31(45-23-26)17-10-25-6-12-27(13-7-25)30-21-35(41)38(44)36(42)22-30/h2-3,10,16-17,19-22,24-28,31H,4-9,11-15,18,23H2,1H3. The van der Waals surface area contributed by atoms with Crippen LogP contribution >= 0.6 is 0 Å². The van der Waals surface area contributed by atoms with Gasteiger partial charge in [-0.05, 0) is 143 Å². The van der Waals surface area contributed by atoms with Crippen LogP contribution in [0.15, 0.2) is 60.5 Å². The fourth-order valence-electron chi connectivity index (χ4n) is 7.53. The molecule has 0 radical (unpaired) electrons. The summed E-state index contributed by atoms with van der Waals surface area (Å²) in [6.45, 7) is 2.35. The van der Waals surface area contributed by atoms with Gasteiger partial charge < -0.3 is 4.74 Å². The fourth-order valence-corrected chi connectivity index (χ4v) is 7.53. The summed E-state index contributed by atoms with van der Waals surface area (Å²) in [5.74, 6) is -4.39. The maximum absolute atomic E-state index is 14.9. The quantitative estimate of drug-likeness (QED) is 0.116. The first-order valence-corrected chi connectivity index (χ1v) is 16.6. The molecule has 0 spiro atoms. The van der Waals surface area contributed by atoms with E-state index < -0.39 is 34.9 Å². The van der Waals surface area contributed by atoms with Crippen molar-refractivity contribution < 1.29 is 31.1 Å². The minimum absolute atomic E-state index is 0.0579. The fraction of sp³-hybridized carbons (Fsp3) is 0.526. The monoisotopic (exact) mass is 630 g/mol. The van der Waals surface area contributed by atoms with Crippen molar-refractivity contribution in [1.29, 1.82) is 0 Å². The van der Waals surface area contributed by atoms with Crippen LogP contribution in [-0.4, -0.2) is 12.7 Å². The number of allylic oxidation sites excluding steroid dienone is 4. The Morgan fingerprint density at radius 3 is 2.00 bits per heavy atom. The lowest BCUT2D eigenvalue weighted by molar-refractivity contribution is 0.00597. The summed E-state index contributed by atoms with van der Waals surface area (Å²) in [7, 11) is 0. The van der Waals surface area contributed by atoms with E-state index in [0.29, 0.717) is 28.9 Å². The van der Waals surface area contributed by atoms with Crippen molar-refractivity contribution >= 4 is 5.83 Å². The van der Waals surface area contributed by atoms with Crippen molar-refractivity contribution in [2.45, 2.75) is 102 Å². The van der Waals surface area contributed by atoms with Crippen LogP contribution in [0.2, 0.25) is 0 Å². The second-order valence-corrected chi connectivity index (χ2v) is 13.3. The number of rotatable bonds is 9. The van der Waals surface area contributed by atoms with E-state index in [0.717, 1.165) is 108 Å². The van der Waals surface area contributed by atoms with Crippen molar-refractivity contribution in [2.75, 3.05) is 6.61 Å². The molecule has 2 aromatic carbocycles. The predicted molar refractivity (Wildman–Crippen MR) is 167 cm³/mol. The number of benzene rings is 2. The largest absolute Gasteiger partial charge is 0.374 e. The second-order valence-electron chi connectivity index (χ2n) is 13.3. The molecule has 2 atom stereocenters. The van der Waals surface area contributed by atoms with Crippen molar-refractivity contribution in [3.05, 3.63) is 100 Å². The molecular weight excluding hydrogens is 586 g/mol. The molecule has 1 nitrogen and oxygen atoms in total. The molecule has 2 saturated carbocycles. The molecule has 7 heteroatoms. The van der Waals surface area contributed by atoms with Gasteiger partial charge in [0.25, 0.3) is 0 Å². The molecule has 3 aliphatic rings. The summed E-state index contributed by atoms with van der Waals surface area (Å²) in [6.07, 6.45) is 18.8. The van der Waals surface area contributed by atoms with Gasteiger partial charge >= 0.3 is 0 Å². The minimum atomic E-state index is -1.40. The van der Waals surface area contributed by atoms with Crippen LogP contribution in [0, 0.1) is 41.0 Å². The van der Waals surface area contributed by atoms with E-state index in [-0.39, 0.29) is 23.5 Å². The molecule has 2 aromatic rings. The highest BCUT2D eigenvalue weighted by Crippen LogP contribution is 2.41. The average molecular weight is 631 g/mol. The molecule has 0 N–H and O–H groups in total. The summed E-state index contributed by atoms with van der Waals surface area (Å²) in [4.78, 5) is 0. The number of hydrogen-bond donors (Lipinski definition) is 0. The van der Waals surface area contributed by atoms with Crippen molar-refractivity contribution in [3.8, 4) is 0 Å². The van der Waals surface area contributed by atoms with E-state index >= 15 is 0 Å². The van der Waals surface area contributed by atoms with Gasteiger partial charge in [-0.2, -0.15) is 0 Å². The Kier molecular flexibility index (Phi) is 11.7. The van der Waals surface area contributed by atoms with E-state index in [2.05, 4.69) is 12.2 Å². The first-order valence-electron chi connectivity index (χ1n) is 16.6. The van der Waals surface area contributed by atoms with E-state index in [4.69, 9.17) is 4.74 Å². The minimum Gasteiger partial charge on any atom is -0.374 e. The predicted octanol–water partition coefficient (Wildman–Crippen LogP) is 11.8. The van der Waals surface area contributed by atoms with Gasteiger partial charge in [0.15, 0.2) is 29.1 Å². The molecule has 2 aliphatic carbocycles. The number of ether oxygens (including phenoxy) is 1. The van der Waals surface area contributed by atoms with Crippen molar-refractivity contribution in [1.82, 2.24) is 0 Å². The Morgan fingerprint density at radius 2 is 1.38 bits per heavy atom. The van der Waals surface area contributed by atoms with E-state index in [1.54, 1.807) is 13.0 Å².